The van der Waals surface area contributed by atoms with Gasteiger partial charge in [0.25, 0.3) is 0 Å². The van der Waals surface area contributed by atoms with E-state index in [0.717, 1.165) is 0 Å². The van der Waals surface area contributed by atoms with E-state index >= 15 is 0 Å². The maximum Gasteiger partial charge on any atom is 0.241 e. The highest BCUT2D eigenvalue weighted by molar-refractivity contribution is 6.33. The van der Waals surface area contributed by atoms with E-state index in [0.29, 0.717) is 16.5 Å². The summed E-state index contributed by atoms with van der Waals surface area (Å²) in [4.78, 5) is 13.5. The summed E-state index contributed by atoms with van der Waals surface area (Å²) in [7, 11) is 3.37. The van der Waals surface area contributed by atoms with Gasteiger partial charge in [0.2, 0.25) is 5.91 Å². The zero-order valence-corrected chi connectivity index (χ0v) is 11.9. The number of benzene rings is 1. The van der Waals surface area contributed by atoms with Gasteiger partial charge in [0.05, 0.1) is 24.4 Å². The second-order valence-corrected chi connectivity index (χ2v) is 4.70. The van der Waals surface area contributed by atoms with Gasteiger partial charge in [-0.1, -0.05) is 11.6 Å². The number of anilines is 1. The Bertz CT molecular complexity index is 421. The van der Waals surface area contributed by atoms with E-state index < -0.39 is 0 Å². The number of methoxy groups -OCH3 is 1. The summed E-state index contributed by atoms with van der Waals surface area (Å²) in [5.74, 6) is 0.718. The molecule has 0 aliphatic rings. The molecule has 4 nitrogen and oxygen atoms in total. The highest BCUT2D eigenvalue weighted by atomic mass is 35.5. The monoisotopic (exact) mass is 270 g/mol. The van der Waals surface area contributed by atoms with Gasteiger partial charge >= 0.3 is 0 Å². The summed E-state index contributed by atoms with van der Waals surface area (Å²) in [6.07, 6.45) is 0. The van der Waals surface area contributed by atoms with Gasteiger partial charge in [-0.15, -0.1) is 0 Å². The number of carbonyl (C=O) groups is 1. The van der Waals surface area contributed by atoms with Crippen molar-refractivity contribution in [3.05, 3.63) is 23.2 Å². The van der Waals surface area contributed by atoms with Gasteiger partial charge in [-0.3, -0.25) is 4.79 Å². The summed E-state index contributed by atoms with van der Waals surface area (Å²) in [5, 5.41) is 3.59. The van der Waals surface area contributed by atoms with Crippen molar-refractivity contribution in [2.45, 2.75) is 19.9 Å². The Morgan fingerprint density at radius 2 is 2.17 bits per heavy atom. The zero-order valence-electron chi connectivity index (χ0n) is 11.2. The first-order chi connectivity index (χ1) is 8.45. The minimum absolute atomic E-state index is 0.0175. The number of rotatable bonds is 5. The Morgan fingerprint density at radius 1 is 1.50 bits per heavy atom. The molecule has 0 aromatic heterocycles. The molecule has 0 atom stereocenters. The molecule has 0 radical (unpaired) electrons. The van der Waals surface area contributed by atoms with Crippen LogP contribution in [0.25, 0.3) is 0 Å². The van der Waals surface area contributed by atoms with Crippen LogP contribution in [0.5, 0.6) is 5.75 Å². The second kappa shape index (κ2) is 6.50. The van der Waals surface area contributed by atoms with Crippen LogP contribution in [0.1, 0.15) is 13.8 Å². The molecule has 1 N–H and O–H groups in total. The minimum Gasteiger partial charge on any atom is -0.497 e. The van der Waals surface area contributed by atoms with E-state index in [1.807, 2.05) is 13.8 Å². The fraction of sp³-hybridized carbons (Fsp3) is 0.462. The largest absolute Gasteiger partial charge is 0.497 e. The van der Waals surface area contributed by atoms with Crippen LogP contribution in [-0.2, 0) is 4.79 Å². The number of likely N-dealkylation sites (N-methyl/N-ethyl adjacent to an activating group) is 1. The Kier molecular flexibility index (Phi) is 5.28. The summed E-state index contributed by atoms with van der Waals surface area (Å²) in [6.45, 7) is 4.15. The zero-order chi connectivity index (χ0) is 13.7. The maximum absolute atomic E-state index is 11.8. The number of ether oxygens (including phenoxy) is 1. The number of hydrogen-bond acceptors (Lipinski definition) is 3. The average Bonchev–Trinajstić information content (AvgIpc) is 2.36. The van der Waals surface area contributed by atoms with Crippen LogP contribution >= 0.6 is 11.6 Å². The predicted molar refractivity (Wildman–Crippen MR) is 74.4 cm³/mol. The van der Waals surface area contributed by atoms with Crippen molar-refractivity contribution >= 4 is 23.2 Å². The van der Waals surface area contributed by atoms with Crippen LogP contribution in [-0.4, -0.2) is 37.6 Å². The van der Waals surface area contributed by atoms with Gasteiger partial charge < -0.3 is 15.0 Å². The summed E-state index contributed by atoms with van der Waals surface area (Å²) < 4.78 is 5.11. The molecule has 5 heteroatoms. The Balaban J connectivity index is 2.66. The van der Waals surface area contributed by atoms with Crippen molar-refractivity contribution in [3.63, 3.8) is 0 Å². The van der Waals surface area contributed by atoms with E-state index in [1.165, 1.54) is 0 Å². The van der Waals surface area contributed by atoms with Crippen molar-refractivity contribution in [2.24, 2.45) is 0 Å². The molecular weight excluding hydrogens is 252 g/mol. The van der Waals surface area contributed by atoms with Crippen molar-refractivity contribution in [2.75, 3.05) is 26.0 Å². The van der Waals surface area contributed by atoms with E-state index in [4.69, 9.17) is 16.3 Å². The fourth-order valence-electron chi connectivity index (χ4n) is 1.35. The number of hydrogen-bond donors (Lipinski definition) is 1. The van der Waals surface area contributed by atoms with Crippen molar-refractivity contribution in [1.29, 1.82) is 0 Å². The topological polar surface area (TPSA) is 41.6 Å². The SMILES string of the molecule is COc1ccc(Cl)c(NCC(=O)N(C)C(C)C)c1. The standard InChI is InChI=1S/C13H19ClN2O2/c1-9(2)16(3)13(17)8-15-12-7-10(18-4)5-6-11(12)14/h5-7,9,15H,8H2,1-4H3. The lowest BCUT2D eigenvalue weighted by molar-refractivity contribution is -0.129. The maximum atomic E-state index is 11.8. The van der Waals surface area contributed by atoms with Crippen LogP contribution in [0, 0.1) is 0 Å². The molecule has 0 aliphatic carbocycles. The molecule has 0 aliphatic heterocycles. The first-order valence-electron chi connectivity index (χ1n) is 5.78. The smallest absolute Gasteiger partial charge is 0.241 e. The minimum atomic E-state index is 0.0175. The normalized spacial score (nSPS) is 10.3. The lowest BCUT2D eigenvalue weighted by Crippen LogP contribution is -2.37. The Morgan fingerprint density at radius 3 is 2.72 bits per heavy atom. The van der Waals surface area contributed by atoms with Crippen LogP contribution in [0.2, 0.25) is 5.02 Å². The van der Waals surface area contributed by atoms with Crippen LogP contribution < -0.4 is 10.1 Å². The second-order valence-electron chi connectivity index (χ2n) is 4.30. The highest BCUT2D eigenvalue weighted by Gasteiger charge is 2.12. The first-order valence-corrected chi connectivity index (χ1v) is 6.16. The van der Waals surface area contributed by atoms with E-state index in [9.17, 15) is 4.79 Å². The molecular formula is C13H19ClN2O2. The number of amides is 1. The summed E-state index contributed by atoms with van der Waals surface area (Å²) >= 11 is 6.04. The third kappa shape index (κ3) is 3.81. The van der Waals surface area contributed by atoms with Crippen LogP contribution in [0.15, 0.2) is 18.2 Å². The lowest BCUT2D eigenvalue weighted by atomic mass is 10.3. The quantitative estimate of drug-likeness (QED) is 0.894. The molecule has 1 aromatic rings. The fourth-order valence-corrected chi connectivity index (χ4v) is 1.53. The molecule has 0 spiro atoms. The van der Waals surface area contributed by atoms with Gasteiger partial charge in [-0.2, -0.15) is 0 Å². The summed E-state index contributed by atoms with van der Waals surface area (Å²) in [5.41, 5.74) is 0.696. The molecule has 0 bridgehead atoms. The first kappa shape index (κ1) is 14.6. The molecule has 0 unspecified atom stereocenters. The van der Waals surface area contributed by atoms with Crippen molar-refractivity contribution < 1.29 is 9.53 Å². The van der Waals surface area contributed by atoms with Gasteiger partial charge in [-0.25, -0.2) is 0 Å². The van der Waals surface area contributed by atoms with Gasteiger partial charge in [0.1, 0.15) is 5.75 Å². The summed E-state index contributed by atoms with van der Waals surface area (Å²) in [6, 6.07) is 5.46. The highest BCUT2D eigenvalue weighted by Crippen LogP contribution is 2.26. The predicted octanol–water partition coefficient (Wildman–Crippen LogP) is 2.63. The molecule has 0 saturated heterocycles. The number of nitrogens with one attached hydrogen (secondary N) is 1. The van der Waals surface area contributed by atoms with Gasteiger partial charge in [0, 0.05) is 19.2 Å². The van der Waals surface area contributed by atoms with Gasteiger partial charge in [0.15, 0.2) is 0 Å². The molecule has 1 rings (SSSR count). The van der Waals surface area contributed by atoms with Gasteiger partial charge in [-0.05, 0) is 26.0 Å². The van der Waals surface area contributed by atoms with E-state index in [1.54, 1.807) is 37.3 Å². The molecule has 0 fully saturated rings. The van der Waals surface area contributed by atoms with E-state index in [2.05, 4.69) is 5.32 Å². The van der Waals surface area contributed by atoms with Crippen molar-refractivity contribution in [3.8, 4) is 5.75 Å². The van der Waals surface area contributed by atoms with E-state index in [-0.39, 0.29) is 18.5 Å². The number of carbonyl (C=O) groups excluding carboxylic acids is 1. The molecule has 0 heterocycles. The third-order valence-electron chi connectivity index (χ3n) is 2.77. The Hall–Kier alpha value is -1.42. The molecule has 1 aromatic carbocycles. The third-order valence-corrected chi connectivity index (χ3v) is 3.10. The lowest BCUT2D eigenvalue weighted by Gasteiger charge is -2.22. The number of nitrogens with zero attached hydrogens (tertiary/aromatic N) is 1. The molecule has 0 saturated carbocycles. The molecule has 18 heavy (non-hydrogen) atoms. The van der Waals surface area contributed by atoms with Crippen molar-refractivity contribution in [1.82, 2.24) is 4.90 Å². The number of halogens is 1. The van der Waals surface area contributed by atoms with Crippen LogP contribution in [0.4, 0.5) is 5.69 Å². The average molecular weight is 271 g/mol. The van der Waals surface area contributed by atoms with Crippen LogP contribution in [0.3, 0.4) is 0 Å². The molecule has 1 amide bonds. The Labute approximate surface area is 113 Å². The molecule has 100 valence electrons.